The van der Waals surface area contributed by atoms with E-state index in [-0.39, 0.29) is 12.2 Å². The number of aromatic carboxylic acids is 1. The fourth-order valence-electron chi connectivity index (χ4n) is 3.02. The SMILES string of the molecule is C#Cc1ccc2c(c1)C(c1ccccc1)=NCc1c(C(=O)O)ncn1-2. The van der Waals surface area contributed by atoms with Gasteiger partial charge in [0.05, 0.1) is 23.6 Å². The number of hydrogen-bond acceptors (Lipinski definition) is 3. The molecule has 0 aliphatic carbocycles. The number of aliphatic imine (C=N–C) groups is 1. The van der Waals surface area contributed by atoms with Crippen LogP contribution in [0.15, 0.2) is 59.9 Å². The van der Waals surface area contributed by atoms with Gasteiger partial charge in [0.1, 0.15) is 6.33 Å². The lowest BCUT2D eigenvalue weighted by Gasteiger charge is -2.12. The van der Waals surface area contributed by atoms with E-state index in [9.17, 15) is 9.90 Å². The molecule has 2 aromatic carbocycles. The van der Waals surface area contributed by atoms with Crippen LogP contribution >= 0.6 is 0 Å². The Morgan fingerprint density at radius 1 is 1.20 bits per heavy atom. The maximum Gasteiger partial charge on any atom is 0.356 e. The Bertz CT molecular complexity index is 1060. The minimum absolute atomic E-state index is 0.0186. The van der Waals surface area contributed by atoms with Crippen LogP contribution in [0.5, 0.6) is 0 Å². The van der Waals surface area contributed by atoms with E-state index in [0.29, 0.717) is 5.69 Å². The number of terminal acetylenes is 1. The average Bonchev–Trinajstić information content (AvgIpc) is 3.00. The number of imidazole rings is 1. The molecule has 0 amide bonds. The summed E-state index contributed by atoms with van der Waals surface area (Å²) in [4.78, 5) is 20.2. The summed E-state index contributed by atoms with van der Waals surface area (Å²) in [6.07, 6.45) is 7.08. The van der Waals surface area contributed by atoms with Crippen LogP contribution in [0.3, 0.4) is 0 Å². The molecule has 2 heterocycles. The molecule has 3 aromatic rings. The Morgan fingerprint density at radius 3 is 2.72 bits per heavy atom. The third kappa shape index (κ3) is 2.41. The third-order valence-corrected chi connectivity index (χ3v) is 4.18. The zero-order chi connectivity index (χ0) is 17.4. The lowest BCUT2D eigenvalue weighted by atomic mass is 9.98. The molecule has 5 nitrogen and oxygen atoms in total. The van der Waals surface area contributed by atoms with Crippen molar-refractivity contribution in [2.75, 3.05) is 0 Å². The van der Waals surface area contributed by atoms with Crippen LogP contribution in [0.4, 0.5) is 0 Å². The Balaban J connectivity index is 2.01. The summed E-state index contributed by atoms with van der Waals surface area (Å²) in [5, 5.41) is 9.38. The molecule has 0 fully saturated rings. The highest BCUT2D eigenvalue weighted by molar-refractivity contribution is 6.15. The molecule has 1 aromatic heterocycles. The maximum absolute atomic E-state index is 11.5. The first-order valence-corrected chi connectivity index (χ1v) is 7.70. The number of carboxylic acids is 1. The van der Waals surface area contributed by atoms with E-state index in [1.165, 1.54) is 6.33 Å². The van der Waals surface area contributed by atoms with Gasteiger partial charge in [0.25, 0.3) is 0 Å². The summed E-state index contributed by atoms with van der Waals surface area (Å²) >= 11 is 0. The fourth-order valence-corrected chi connectivity index (χ4v) is 3.02. The molecule has 0 bridgehead atoms. The molecule has 25 heavy (non-hydrogen) atoms. The van der Waals surface area contributed by atoms with Gasteiger partial charge in [-0.25, -0.2) is 9.78 Å². The molecule has 120 valence electrons. The van der Waals surface area contributed by atoms with E-state index in [4.69, 9.17) is 11.4 Å². The first-order chi connectivity index (χ1) is 12.2. The van der Waals surface area contributed by atoms with Crippen molar-refractivity contribution >= 4 is 11.7 Å². The number of rotatable bonds is 2. The molecule has 5 heteroatoms. The smallest absolute Gasteiger partial charge is 0.356 e. The van der Waals surface area contributed by atoms with Crippen LogP contribution in [-0.4, -0.2) is 26.3 Å². The lowest BCUT2D eigenvalue weighted by Crippen LogP contribution is -2.07. The zero-order valence-electron chi connectivity index (χ0n) is 13.2. The highest BCUT2D eigenvalue weighted by atomic mass is 16.4. The van der Waals surface area contributed by atoms with Crippen LogP contribution < -0.4 is 0 Å². The molecule has 4 rings (SSSR count). The van der Waals surface area contributed by atoms with Gasteiger partial charge in [-0.05, 0) is 18.2 Å². The van der Waals surface area contributed by atoms with Gasteiger partial charge in [-0.2, -0.15) is 0 Å². The highest BCUT2D eigenvalue weighted by Gasteiger charge is 2.24. The molecule has 1 aliphatic rings. The van der Waals surface area contributed by atoms with Gasteiger partial charge >= 0.3 is 5.97 Å². The summed E-state index contributed by atoms with van der Waals surface area (Å²) in [5.74, 6) is 1.58. The number of fused-ring (bicyclic) bond motifs is 3. The molecular formula is C20H13N3O2. The van der Waals surface area contributed by atoms with Gasteiger partial charge in [-0.15, -0.1) is 6.42 Å². The predicted molar refractivity (Wildman–Crippen MR) is 94.2 cm³/mol. The number of hydrogen-bond donors (Lipinski definition) is 1. The quantitative estimate of drug-likeness (QED) is 0.736. The van der Waals surface area contributed by atoms with E-state index in [0.717, 1.165) is 28.1 Å². The Labute approximate surface area is 144 Å². The summed E-state index contributed by atoms with van der Waals surface area (Å²) < 4.78 is 1.78. The second-order valence-corrected chi connectivity index (χ2v) is 5.62. The molecule has 0 saturated carbocycles. The van der Waals surface area contributed by atoms with Gasteiger partial charge < -0.3 is 5.11 Å². The van der Waals surface area contributed by atoms with Crippen molar-refractivity contribution < 1.29 is 9.90 Å². The minimum Gasteiger partial charge on any atom is -0.476 e. The Morgan fingerprint density at radius 2 is 2.00 bits per heavy atom. The van der Waals surface area contributed by atoms with Crippen LogP contribution in [0.25, 0.3) is 5.69 Å². The Hall–Kier alpha value is -3.65. The van der Waals surface area contributed by atoms with Crippen molar-refractivity contribution in [3.05, 3.63) is 82.9 Å². The minimum atomic E-state index is -1.06. The Kier molecular flexibility index (Phi) is 3.44. The largest absolute Gasteiger partial charge is 0.476 e. The zero-order valence-corrected chi connectivity index (χ0v) is 13.2. The number of carbonyl (C=O) groups is 1. The van der Waals surface area contributed by atoms with Crippen molar-refractivity contribution in [1.82, 2.24) is 9.55 Å². The predicted octanol–water partition coefficient (Wildman–Crippen LogP) is 2.90. The second kappa shape index (κ2) is 5.77. The summed E-state index contributed by atoms with van der Waals surface area (Å²) in [6.45, 7) is 0.228. The second-order valence-electron chi connectivity index (χ2n) is 5.62. The fraction of sp³-hybridized carbons (Fsp3) is 0.0500. The monoisotopic (exact) mass is 327 g/mol. The molecule has 1 aliphatic heterocycles. The van der Waals surface area contributed by atoms with Crippen LogP contribution in [-0.2, 0) is 6.54 Å². The number of nitrogens with zero attached hydrogens (tertiary/aromatic N) is 3. The van der Waals surface area contributed by atoms with E-state index >= 15 is 0 Å². The van der Waals surface area contributed by atoms with E-state index in [1.54, 1.807) is 4.57 Å². The van der Waals surface area contributed by atoms with E-state index in [1.807, 2.05) is 48.5 Å². The highest BCUT2D eigenvalue weighted by Crippen LogP contribution is 2.27. The first kappa shape index (κ1) is 14.9. The average molecular weight is 327 g/mol. The van der Waals surface area contributed by atoms with Gasteiger partial charge in [-0.1, -0.05) is 36.3 Å². The standard InChI is InChI=1S/C20H13N3O2/c1-2-13-8-9-16-15(10-13)18(14-6-4-3-5-7-14)21-11-17-19(20(24)25)22-12-23(16)17/h1,3-10,12H,11H2,(H,24,25). The normalized spacial score (nSPS) is 12.4. The molecule has 1 N–H and O–H groups in total. The molecule has 0 atom stereocenters. The molecule has 0 saturated heterocycles. The number of carboxylic acid groups (broad SMARTS) is 1. The van der Waals surface area contributed by atoms with E-state index < -0.39 is 5.97 Å². The van der Waals surface area contributed by atoms with Crippen molar-refractivity contribution in [3.63, 3.8) is 0 Å². The maximum atomic E-state index is 11.5. The number of aromatic nitrogens is 2. The van der Waals surface area contributed by atoms with Crippen LogP contribution in [0.2, 0.25) is 0 Å². The number of benzene rings is 2. The van der Waals surface area contributed by atoms with Gasteiger partial charge in [-0.3, -0.25) is 9.56 Å². The van der Waals surface area contributed by atoms with Gasteiger partial charge in [0.15, 0.2) is 5.69 Å². The lowest BCUT2D eigenvalue weighted by molar-refractivity contribution is 0.0689. The third-order valence-electron chi connectivity index (χ3n) is 4.18. The summed E-state index contributed by atoms with van der Waals surface area (Å²) in [5.41, 5.74) is 4.72. The van der Waals surface area contributed by atoms with E-state index in [2.05, 4.69) is 10.9 Å². The van der Waals surface area contributed by atoms with Crippen LogP contribution in [0, 0.1) is 12.3 Å². The van der Waals surface area contributed by atoms with Crippen molar-refractivity contribution in [2.24, 2.45) is 4.99 Å². The molecule has 0 spiro atoms. The molecule has 0 radical (unpaired) electrons. The molecule has 0 unspecified atom stereocenters. The van der Waals surface area contributed by atoms with Gasteiger partial charge in [0, 0.05) is 16.7 Å². The van der Waals surface area contributed by atoms with Crippen LogP contribution in [0.1, 0.15) is 32.9 Å². The van der Waals surface area contributed by atoms with Gasteiger partial charge in [0.2, 0.25) is 0 Å². The first-order valence-electron chi connectivity index (χ1n) is 7.70. The van der Waals surface area contributed by atoms with Crippen molar-refractivity contribution in [2.45, 2.75) is 6.54 Å². The topological polar surface area (TPSA) is 67.5 Å². The van der Waals surface area contributed by atoms with Crippen molar-refractivity contribution in [3.8, 4) is 18.0 Å². The molecular weight excluding hydrogens is 314 g/mol. The van der Waals surface area contributed by atoms with Crippen molar-refractivity contribution in [1.29, 1.82) is 0 Å². The summed E-state index contributed by atoms with van der Waals surface area (Å²) in [7, 11) is 0. The summed E-state index contributed by atoms with van der Waals surface area (Å²) in [6, 6.07) is 15.4.